The van der Waals surface area contributed by atoms with Crippen LogP contribution in [0.3, 0.4) is 0 Å². The average molecular weight is 374 g/mol. The van der Waals surface area contributed by atoms with Crippen LogP contribution < -0.4 is 5.32 Å². The van der Waals surface area contributed by atoms with Gasteiger partial charge in [-0.3, -0.25) is 4.79 Å². The van der Waals surface area contributed by atoms with E-state index >= 15 is 0 Å². The third-order valence-corrected chi connectivity index (χ3v) is 4.45. The van der Waals surface area contributed by atoms with Crippen molar-refractivity contribution in [2.75, 3.05) is 26.2 Å². The second kappa shape index (κ2) is 9.88. The van der Waals surface area contributed by atoms with Gasteiger partial charge in [-0.1, -0.05) is 30.3 Å². The molecule has 1 aromatic carbocycles. The van der Waals surface area contributed by atoms with Crippen molar-refractivity contribution in [2.45, 2.75) is 12.8 Å². The molecule has 0 unspecified atom stereocenters. The number of carbonyl (C=O) groups excluding carboxylic acids is 1. The summed E-state index contributed by atoms with van der Waals surface area (Å²) in [6.07, 6.45) is 1.80. The van der Waals surface area contributed by atoms with Gasteiger partial charge in [-0.05, 0) is 18.5 Å². The standard InChI is InChI=1S/C16H19N3OS.2ClH/c20-16(19-9-4-7-17-8-10-19)14-12-21-15(18-14)11-13-5-2-1-3-6-13;;/h1-3,5-6,12,17H,4,7-11H2;2*1H. The Bertz CT molecular complexity index is 598. The highest BCUT2D eigenvalue weighted by molar-refractivity contribution is 7.09. The average Bonchev–Trinajstić information content (AvgIpc) is 2.81. The molecule has 126 valence electrons. The molecule has 1 aliphatic rings. The predicted molar refractivity (Wildman–Crippen MR) is 99.2 cm³/mol. The summed E-state index contributed by atoms with van der Waals surface area (Å²) in [6.45, 7) is 3.44. The third kappa shape index (κ3) is 5.46. The van der Waals surface area contributed by atoms with Gasteiger partial charge in [0, 0.05) is 31.4 Å². The first-order valence-electron chi connectivity index (χ1n) is 7.31. The van der Waals surface area contributed by atoms with E-state index in [1.165, 1.54) is 5.56 Å². The van der Waals surface area contributed by atoms with Crippen LogP contribution in [0.15, 0.2) is 35.7 Å². The lowest BCUT2D eigenvalue weighted by molar-refractivity contribution is 0.0761. The van der Waals surface area contributed by atoms with Crippen molar-refractivity contribution in [3.8, 4) is 0 Å². The summed E-state index contributed by atoms with van der Waals surface area (Å²) >= 11 is 1.57. The van der Waals surface area contributed by atoms with Crippen molar-refractivity contribution >= 4 is 42.1 Å². The highest BCUT2D eigenvalue weighted by Crippen LogP contribution is 2.16. The normalized spacial score (nSPS) is 14.3. The first kappa shape index (κ1) is 19.9. The quantitative estimate of drug-likeness (QED) is 0.899. The van der Waals surface area contributed by atoms with E-state index in [1.807, 2.05) is 28.5 Å². The Kier molecular flexibility index (Phi) is 8.55. The van der Waals surface area contributed by atoms with Crippen LogP contribution in [-0.4, -0.2) is 42.0 Å². The van der Waals surface area contributed by atoms with Crippen molar-refractivity contribution in [3.63, 3.8) is 0 Å². The first-order valence-corrected chi connectivity index (χ1v) is 8.19. The second-order valence-electron chi connectivity index (χ2n) is 5.18. The number of rotatable bonds is 3. The first-order chi connectivity index (χ1) is 10.3. The van der Waals surface area contributed by atoms with E-state index in [1.54, 1.807) is 11.3 Å². The van der Waals surface area contributed by atoms with Crippen molar-refractivity contribution in [2.24, 2.45) is 0 Å². The molecule has 0 spiro atoms. The molecule has 1 N–H and O–H groups in total. The molecule has 0 radical (unpaired) electrons. The summed E-state index contributed by atoms with van der Waals surface area (Å²) in [5.41, 5.74) is 1.82. The zero-order valence-corrected chi connectivity index (χ0v) is 15.2. The van der Waals surface area contributed by atoms with Gasteiger partial charge in [0.05, 0.1) is 5.01 Å². The van der Waals surface area contributed by atoms with Crippen LogP contribution in [0.2, 0.25) is 0 Å². The maximum absolute atomic E-state index is 12.5. The van der Waals surface area contributed by atoms with Crippen LogP contribution >= 0.6 is 36.2 Å². The number of hydrogen-bond acceptors (Lipinski definition) is 4. The number of amides is 1. The minimum Gasteiger partial charge on any atom is -0.336 e. The number of nitrogens with zero attached hydrogens (tertiary/aromatic N) is 2. The molecule has 1 fully saturated rings. The van der Waals surface area contributed by atoms with E-state index in [4.69, 9.17) is 0 Å². The van der Waals surface area contributed by atoms with Crippen molar-refractivity contribution in [3.05, 3.63) is 52.0 Å². The fraction of sp³-hybridized carbons (Fsp3) is 0.375. The SMILES string of the molecule is Cl.Cl.O=C(c1csc(Cc2ccccc2)n1)N1CCCNCC1. The summed E-state index contributed by atoms with van der Waals surface area (Å²) < 4.78 is 0. The fourth-order valence-electron chi connectivity index (χ4n) is 2.47. The summed E-state index contributed by atoms with van der Waals surface area (Å²) in [6, 6.07) is 10.2. The minimum atomic E-state index is 0. The zero-order chi connectivity index (χ0) is 14.5. The van der Waals surface area contributed by atoms with Crippen molar-refractivity contribution < 1.29 is 4.79 Å². The summed E-state index contributed by atoms with van der Waals surface area (Å²) in [4.78, 5) is 18.9. The van der Waals surface area contributed by atoms with E-state index in [2.05, 4.69) is 22.4 Å². The van der Waals surface area contributed by atoms with Crippen LogP contribution in [0.25, 0.3) is 0 Å². The zero-order valence-electron chi connectivity index (χ0n) is 12.7. The third-order valence-electron chi connectivity index (χ3n) is 3.60. The minimum absolute atomic E-state index is 0. The Labute approximate surface area is 153 Å². The van der Waals surface area contributed by atoms with Gasteiger partial charge in [0.2, 0.25) is 0 Å². The van der Waals surface area contributed by atoms with Crippen LogP contribution in [0.1, 0.15) is 27.5 Å². The van der Waals surface area contributed by atoms with E-state index in [-0.39, 0.29) is 30.7 Å². The second-order valence-corrected chi connectivity index (χ2v) is 6.13. The van der Waals surface area contributed by atoms with Gasteiger partial charge in [0.25, 0.3) is 5.91 Å². The van der Waals surface area contributed by atoms with Gasteiger partial charge in [0.15, 0.2) is 0 Å². The lowest BCUT2D eigenvalue weighted by Gasteiger charge is -2.18. The Morgan fingerprint density at radius 2 is 1.96 bits per heavy atom. The molecule has 1 aliphatic heterocycles. The molecule has 1 saturated heterocycles. The van der Waals surface area contributed by atoms with Gasteiger partial charge in [-0.15, -0.1) is 36.2 Å². The lowest BCUT2D eigenvalue weighted by Crippen LogP contribution is -2.34. The molecule has 2 heterocycles. The van der Waals surface area contributed by atoms with Crippen LogP contribution in [0.5, 0.6) is 0 Å². The molecule has 1 aromatic heterocycles. The maximum Gasteiger partial charge on any atom is 0.273 e. The molecule has 0 aliphatic carbocycles. The van der Waals surface area contributed by atoms with Gasteiger partial charge in [-0.25, -0.2) is 4.98 Å². The number of aromatic nitrogens is 1. The fourth-order valence-corrected chi connectivity index (χ4v) is 3.27. The predicted octanol–water partition coefficient (Wildman–Crippen LogP) is 3.01. The van der Waals surface area contributed by atoms with Crippen LogP contribution in [-0.2, 0) is 6.42 Å². The summed E-state index contributed by atoms with van der Waals surface area (Å²) in [5, 5.41) is 6.20. The number of hydrogen-bond donors (Lipinski definition) is 1. The molecular weight excluding hydrogens is 353 g/mol. The monoisotopic (exact) mass is 373 g/mol. The molecule has 3 rings (SSSR count). The highest BCUT2D eigenvalue weighted by atomic mass is 35.5. The Morgan fingerprint density at radius 3 is 2.74 bits per heavy atom. The van der Waals surface area contributed by atoms with E-state index in [9.17, 15) is 4.79 Å². The lowest BCUT2D eigenvalue weighted by atomic mass is 10.2. The van der Waals surface area contributed by atoms with Gasteiger partial charge < -0.3 is 10.2 Å². The summed E-state index contributed by atoms with van der Waals surface area (Å²) in [5.74, 6) is 0.0641. The van der Waals surface area contributed by atoms with Gasteiger partial charge >= 0.3 is 0 Å². The smallest absolute Gasteiger partial charge is 0.273 e. The Morgan fingerprint density at radius 1 is 1.17 bits per heavy atom. The van der Waals surface area contributed by atoms with E-state index < -0.39 is 0 Å². The van der Waals surface area contributed by atoms with Crippen molar-refractivity contribution in [1.29, 1.82) is 0 Å². The highest BCUT2D eigenvalue weighted by Gasteiger charge is 2.19. The molecule has 4 nitrogen and oxygen atoms in total. The topological polar surface area (TPSA) is 45.2 Å². The largest absolute Gasteiger partial charge is 0.336 e. The Balaban J connectivity index is 0.00000132. The molecule has 0 saturated carbocycles. The number of thiazole rings is 1. The number of nitrogens with one attached hydrogen (secondary N) is 1. The van der Waals surface area contributed by atoms with E-state index in [0.717, 1.165) is 44.0 Å². The molecule has 1 amide bonds. The molecule has 7 heteroatoms. The molecule has 23 heavy (non-hydrogen) atoms. The molecule has 0 bridgehead atoms. The van der Waals surface area contributed by atoms with Crippen LogP contribution in [0.4, 0.5) is 0 Å². The van der Waals surface area contributed by atoms with Crippen molar-refractivity contribution in [1.82, 2.24) is 15.2 Å². The van der Waals surface area contributed by atoms with E-state index in [0.29, 0.717) is 5.69 Å². The molecule has 0 atom stereocenters. The van der Waals surface area contributed by atoms with Gasteiger partial charge in [-0.2, -0.15) is 0 Å². The Hall–Kier alpha value is -1.14. The maximum atomic E-state index is 12.5. The molecule has 2 aromatic rings. The number of benzene rings is 1. The summed E-state index contributed by atoms with van der Waals surface area (Å²) in [7, 11) is 0. The molecular formula is C16H21Cl2N3OS. The van der Waals surface area contributed by atoms with Gasteiger partial charge in [0.1, 0.15) is 5.69 Å². The number of carbonyl (C=O) groups is 1. The van der Waals surface area contributed by atoms with Crippen LogP contribution in [0, 0.1) is 0 Å². The number of halogens is 2.